The second-order valence-corrected chi connectivity index (χ2v) is 10.4. The molecule has 1 atom stereocenters. The van der Waals surface area contributed by atoms with Crippen LogP contribution in [0.15, 0.2) is 69.8 Å². The molecule has 2 aliphatic rings. The van der Waals surface area contributed by atoms with Crippen LogP contribution in [0.5, 0.6) is 5.75 Å². The minimum Gasteiger partial charge on any atom is -0.485 e. The van der Waals surface area contributed by atoms with Crippen LogP contribution in [-0.4, -0.2) is 38.2 Å². The number of nitrogens with two attached hydrogens (primary N) is 1. The molecule has 2 aliphatic heterocycles. The lowest BCUT2D eigenvalue weighted by atomic mass is 9.83. The van der Waals surface area contributed by atoms with E-state index >= 15 is 0 Å². The van der Waals surface area contributed by atoms with Gasteiger partial charge in [-0.25, -0.2) is 15.0 Å². The highest BCUT2D eigenvalue weighted by atomic mass is 35.5. The number of para-hydroxylation sites is 1. The minimum absolute atomic E-state index is 0.121. The van der Waals surface area contributed by atoms with Crippen molar-refractivity contribution < 1.29 is 4.74 Å². The SMILES string of the molecule is Cn1cnc2ccc(Sc3cnc(N4CCC5(CC4)Oc4ccccc4[C@H]5N)cn3)c(Cl)c2c1=O. The molecule has 2 aromatic heterocycles. The Labute approximate surface area is 211 Å². The van der Waals surface area contributed by atoms with Gasteiger partial charge in [0, 0.05) is 43.4 Å². The third-order valence-electron chi connectivity index (χ3n) is 6.89. The maximum absolute atomic E-state index is 12.5. The van der Waals surface area contributed by atoms with E-state index in [0.29, 0.717) is 21.0 Å². The van der Waals surface area contributed by atoms with Crippen LogP contribution in [-0.2, 0) is 7.05 Å². The molecule has 0 bridgehead atoms. The average molecular weight is 507 g/mol. The number of ether oxygens (including phenoxy) is 1. The smallest absolute Gasteiger partial charge is 0.262 e. The summed E-state index contributed by atoms with van der Waals surface area (Å²) in [7, 11) is 1.66. The van der Waals surface area contributed by atoms with Crippen LogP contribution in [0.25, 0.3) is 10.9 Å². The Hall–Kier alpha value is -3.14. The first-order chi connectivity index (χ1) is 16.9. The molecule has 2 aromatic carbocycles. The molecule has 0 unspecified atom stereocenters. The van der Waals surface area contributed by atoms with Crippen LogP contribution in [0, 0.1) is 0 Å². The van der Waals surface area contributed by atoms with Gasteiger partial charge in [0.2, 0.25) is 0 Å². The van der Waals surface area contributed by atoms with Crippen LogP contribution in [0.2, 0.25) is 5.02 Å². The number of benzene rings is 2. The molecule has 35 heavy (non-hydrogen) atoms. The van der Waals surface area contributed by atoms with Crippen molar-refractivity contribution in [2.45, 2.75) is 34.4 Å². The number of anilines is 1. The fourth-order valence-electron chi connectivity index (χ4n) is 4.88. The molecule has 1 saturated heterocycles. The highest BCUT2D eigenvalue weighted by Gasteiger charge is 2.48. The van der Waals surface area contributed by atoms with Crippen molar-refractivity contribution in [1.82, 2.24) is 19.5 Å². The van der Waals surface area contributed by atoms with Gasteiger partial charge in [0.1, 0.15) is 22.2 Å². The number of hydrogen-bond donors (Lipinski definition) is 1. The Balaban J connectivity index is 1.16. The molecular weight excluding hydrogens is 484 g/mol. The van der Waals surface area contributed by atoms with Crippen molar-refractivity contribution in [1.29, 1.82) is 0 Å². The number of aromatic nitrogens is 4. The van der Waals surface area contributed by atoms with Gasteiger partial charge >= 0.3 is 0 Å². The fourth-order valence-corrected chi connectivity index (χ4v) is 6.00. The third kappa shape index (κ3) is 3.74. The molecule has 6 rings (SSSR count). The van der Waals surface area contributed by atoms with Gasteiger partial charge in [-0.2, -0.15) is 0 Å². The van der Waals surface area contributed by atoms with Crippen molar-refractivity contribution in [2.24, 2.45) is 12.8 Å². The first-order valence-electron chi connectivity index (χ1n) is 11.4. The van der Waals surface area contributed by atoms with Crippen LogP contribution in [0.3, 0.4) is 0 Å². The van der Waals surface area contributed by atoms with E-state index in [0.717, 1.165) is 48.0 Å². The summed E-state index contributed by atoms with van der Waals surface area (Å²) in [5.74, 6) is 1.71. The molecule has 4 heterocycles. The summed E-state index contributed by atoms with van der Waals surface area (Å²) in [6, 6.07) is 11.6. The normalized spacial score (nSPS) is 18.6. The first kappa shape index (κ1) is 22.3. The minimum atomic E-state index is -0.359. The monoisotopic (exact) mass is 506 g/mol. The van der Waals surface area contributed by atoms with E-state index < -0.39 is 0 Å². The van der Waals surface area contributed by atoms with Crippen LogP contribution < -0.4 is 20.9 Å². The summed E-state index contributed by atoms with van der Waals surface area (Å²) in [6.07, 6.45) is 6.64. The molecule has 1 fully saturated rings. The van der Waals surface area contributed by atoms with Gasteiger partial charge in [0.15, 0.2) is 0 Å². The van der Waals surface area contributed by atoms with Gasteiger partial charge in [-0.15, -0.1) is 0 Å². The van der Waals surface area contributed by atoms with E-state index in [1.54, 1.807) is 25.5 Å². The van der Waals surface area contributed by atoms with E-state index in [9.17, 15) is 4.79 Å². The Morgan fingerprint density at radius 2 is 1.91 bits per heavy atom. The largest absolute Gasteiger partial charge is 0.485 e. The van der Waals surface area contributed by atoms with Gasteiger partial charge in [0.05, 0.1) is 40.7 Å². The van der Waals surface area contributed by atoms with E-state index in [-0.39, 0.29) is 17.2 Å². The van der Waals surface area contributed by atoms with E-state index in [4.69, 9.17) is 22.1 Å². The standard InChI is InChI=1S/C25H23ClN6O2S/c1-31-14-30-16-6-7-18(22(26)21(16)24(31)33)35-20-13-28-19(12-29-20)32-10-8-25(9-11-32)23(27)15-4-2-3-5-17(15)34-25/h2-7,12-14,23H,8-11,27H2,1H3/t23-/m1/s1. The summed E-state index contributed by atoms with van der Waals surface area (Å²) in [6.45, 7) is 1.57. The Bertz CT molecular complexity index is 1480. The molecule has 0 aliphatic carbocycles. The molecule has 0 amide bonds. The highest BCUT2D eigenvalue weighted by molar-refractivity contribution is 7.99. The van der Waals surface area contributed by atoms with Crippen molar-refractivity contribution >= 4 is 40.1 Å². The fraction of sp³-hybridized carbons (Fsp3) is 0.280. The molecule has 0 radical (unpaired) electrons. The second kappa shape index (κ2) is 8.51. The number of fused-ring (bicyclic) bond motifs is 2. The molecule has 2 N–H and O–H groups in total. The van der Waals surface area contributed by atoms with Crippen LogP contribution in [0.4, 0.5) is 5.82 Å². The van der Waals surface area contributed by atoms with Crippen LogP contribution in [0.1, 0.15) is 24.4 Å². The number of aryl methyl sites for hydroxylation is 1. The third-order valence-corrected chi connectivity index (χ3v) is 8.37. The predicted molar refractivity (Wildman–Crippen MR) is 136 cm³/mol. The number of rotatable bonds is 3. The summed E-state index contributed by atoms with van der Waals surface area (Å²) < 4.78 is 7.76. The number of nitrogens with zero attached hydrogens (tertiary/aromatic N) is 5. The maximum atomic E-state index is 12.5. The van der Waals surface area contributed by atoms with Gasteiger partial charge in [-0.05, 0) is 18.2 Å². The van der Waals surface area contributed by atoms with E-state index in [2.05, 4.69) is 25.9 Å². The molecule has 1 spiro atoms. The lowest BCUT2D eigenvalue weighted by molar-refractivity contribution is 0.0431. The Morgan fingerprint density at radius 1 is 1.11 bits per heavy atom. The Morgan fingerprint density at radius 3 is 2.66 bits per heavy atom. The summed E-state index contributed by atoms with van der Waals surface area (Å²) >= 11 is 7.94. The molecule has 8 nitrogen and oxygen atoms in total. The van der Waals surface area contributed by atoms with E-state index in [1.807, 2.05) is 24.3 Å². The molecule has 178 valence electrons. The number of piperidine rings is 1. The predicted octanol–water partition coefficient (Wildman–Crippen LogP) is 3.96. The van der Waals surface area contributed by atoms with Gasteiger partial charge in [-0.3, -0.25) is 4.79 Å². The van der Waals surface area contributed by atoms with Gasteiger partial charge < -0.3 is 19.9 Å². The average Bonchev–Trinajstić information content (AvgIpc) is 3.15. The molecular formula is C25H23ClN6O2S. The summed E-state index contributed by atoms with van der Waals surface area (Å²) in [4.78, 5) is 29.0. The number of hydrogen-bond acceptors (Lipinski definition) is 8. The topological polar surface area (TPSA) is 99.2 Å². The summed E-state index contributed by atoms with van der Waals surface area (Å²) in [5.41, 5.74) is 7.71. The van der Waals surface area contributed by atoms with Gasteiger partial charge in [-0.1, -0.05) is 41.6 Å². The van der Waals surface area contributed by atoms with Crippen molar-refractivity contribution in [3.05, 3.63) is 76.1 Å². The first-order valence-corrected chi connectivity index (χ1v) is 12.6. The zero-order valence-corrected chi connectivity index (χ0v) is 20.6. The van der Waals surface area contributed by atoms with Crippen molar-refractivity contribution in [3.63, 3.8) is 0 Å². The molecule has 4 aromatic rings. The Kier molecular flexibility index (Phi) is 5.43. The molecule has 0 saturated carbocycles. The second-order valence-electron chi connectivity index (χ2n) is 8.92. The highest BCUT2D eigenvalue weighted by Crippen LogP contribution is 2.47. The lowest BCUT2D eigenvalue weighted by Crippen LogP contribution is -2.51. The number of halogens is 1. The lowest BCUT2D eigenvalue weighted by Gasteiger charge is -2.41. The van der Waals surface area contributed by atoms with Crippen molar-refractivity contribution in [2.75, 3.05) is 18.0 Å². The zero-order valence-electron chi connectivity index (χ0n) is 19.0. The zero-order chi connectivity index (χ0) is 24.2. The maximum Gasteiger partial charge on any atom is 0.262 e. The molecule has 10 heteroatoms. The van der Waals surface area contributed by atoms with Crippen molar-refractivity contribution in [3.8, 4) is 5.75 Å². The van der Waals surface area contributed by atoms with E-state index in [1.165, 1.54) is 22.7 Å². The van der Waals surface area contributed by atoms with Crippen LogP contribution >= 0.6 is 23.4 Å². The summed E-state index contributed by atoms with van der Waals surface area (Å²) in [5, 5.41) is 1.48. The quantitative estimate of drug-likeness (QED) is 0.446. The van der Waals surface area contributed by atoms with Gasteiger partial charge in [0.25, 0.3) is 5.56 Å².